The predicted octanol–water partition coefficient (Wildman–Crippen LogP) is 2.35. The van der Waals surface area contributed by atoms with Gasteiger partial charge in [0.1, 0.15) is 5.60 Å². The molecular formula is C20H39IN4O4. The molecule has 1 atom stereocenters. The molecule has 3 N–H and O–H groups in total. The lowest BCUT2D eigenvalue weighted by Crippen LogP contribution is -2.45. The van der Waals surface area contributed by atoms with Gasteiger partial charge < -0.3 is 30.1 Å². The fraction of sp³-hybridized carbons (Fsp3) is 0.900. The largest absolute Gasteiger partial charge is 0.444 e. The van der Waals surface area contributed by atoms with Crippen LogP contribution < -0.4 is 10.6 Å². The highest BCUT2D eigenvalue weighted by molar-refractivity contribution is 14.0. The highest BCUT2D eigenvalue weighted by Gasteiger charge is 2.35. The van der Waals surface area contributed by atoms with Crippen LogP contribution in [0.4, 0.5) is 4.79 Å². The Morgan fingerprint density at radius 2 is 2.07 bits per heavy atom. The van der Waals surface area contributed by atoms with Crippen LogP contribution in [-0.4, -0.2) is 79.7 Å². The number of halogens is 1. The molecule has 0 aromatic carbocycles. The van der Waals surface area contributed by atoms with Crippen molar-refractivity contribution >= 4 is 36.0 Å². The minimum Gasteiger partial charge on any atom is -0.444 e. The second-order valence-electron chi connectivity index (χ2n) is 8.80. The molecule has 2 rings (SSSR count). The van der Waals surface area contributed by atoms with E-state index in [1.54, 1.807) is 0 Å². The van der Waals surface area contributed by atoms with Crippen molar-refractivity contribution < 1.29 is 19.4 Å². The summed E-state index contributed by atoms with van der Waals surface area (Å²) in [7, 11) is 0. The van der Waals surface area contributed by atoms with Gasteiger partial charge in [-0.3, -0.25) is 4.99 Å². The molecule has 170 valence electrons. The predicted molar refractivity (Wildman–Crippen MR) is 125 cm³/mol. The summed E-state index contributed by atoms with van der Waals surface area (Å²) < 4.78 is 11.1. The molecule has 1 heterocycles. The number of rotatable bonds is 9. The first-order valence-electron chi connectivity index (χ1n) is 10.5. The molecule has 2 fully saturated rings. The molecule has 1 saturated heterocycles. The zero-order valence-electron chi connectivity index (χ0n) is 18.3. The van der Waals surface area contributed by atoms with E-state index in [0.717, 1.165) is 38.4 Å². The van der Waals surface area contributed by atoms with Crippen LogP contribution >= 0.6 is 24.0 Å². The highest BCUT2D eigenvalue weighted by Crippen LogP contribution is 2.32. The fourth-order valence-corrected chi connectivity index (χ4v) is 3.30. The lowest BCUT2D eigenvalue weighted by atomic mass is 9.84. The van der Waals surface area contributed by atoms with Crippen molar-refractivity contribution in [3.63, 3.8) is 0 Å². The van der Waals surface area contributed by atoms with Gasteiger partial charge in [0.05, 0.1) is 13.2 Å². The summed E-state index contributed by atoms with van der Waals surface area (Å²) in [6, 6.07) is 0.291. The Morgan fingerprint density at radius 1 is 1.34 bits per heavy atom. The first-order chi connectivity index (χ1) is 13.3. The smallest absolute Gasteiger partial charge is 0.410 e. The number of aliphatic hydroxyl groups is 1. The fourth-order valence-electron chi connectivity index (χ4n) is 3.30. The van der Waals surface area contributed by atoms with E-state index < -0.39 is 5.60 Å². The van der Waals surface area contributed by atoms with Gasteiger partial charge in [0.15, 0.2) is 5.96 Å². The van der Waals surface area contributed by atoms with E-state index >= 15 is 0 Å². The Labute approximate surface area is 192 Å². The number of hydrogen-bond acceptors (Lipinski definition) is 5. The van der Waals surface area contributed by atoms with Crippen molar-refractivity contribution in [2.24, 2.45) is 10.4 Å². The number of carbonyl (C=O) groups is 1. The monoisotopic (exact) mass is 526 g/mol. The molecule has 1 unspecified atom stereocenters. The summed E-state index contributed by atoms with van der Waals surface area (Å²) in [5, 5.41) is 15.9. The van der Waals surface area contributed by atoms with E-state index in [1.807, 2.05) is 32.6 Å². The third kappa shape index (κ3) is 9.25. The molecule has 1 aliphatic carbocycles. The molecule has 0 aromatic rings. The quantitative estimate of drug-likeness (QED) is 0.243. The number of carbonyl (C=O) groups excluding carboxylic acids is 1. The van der Waals surface area contributed by atoms with Crippen molar-refractivity contribution in [3.8, 4) is 0 Å². The maximum atomic E-state index is 12.4. The van der Waals surface area contributed by atoms with Gasteiger partial charge in [0, 0.05) is 44.3 Å². The highest BCUT2D eigenvalue weighted by atomic mass is 127. The molecule has 2 aliphatic rings. The summed E-state index contributed by atoms with van der Waals surface area (Å²) in [6.45, 7) is 11.8. The SMILES string of the molecule is CCNC(=NCC1(CCO)CCOC1)NCCN(C(=O)OC(C)(C)C)C1CC1.I. The molecule has 0 aromatic heterocycles. The number of aliphatic imine (C=N–C) groups is 1. The van der Waals surface area contributed by atoms with Gasteiger partial charge in [-0.15, -0.1) is 24.0 Å². The van der Waals surface area contributed by atoms with Crippen LogP contribution in [0.2, 0.25) is 0 Å². The molecule has 0 spiro atoms. The molecule has 1 saturated carbocycles. The number of hydrogen-bond donors (Lipinski definition) is 3. The number of nitrogens with one attached hydrogen (secondary N) is 2. The van der Waals surface area contributed by atoms with Gasteiger partial charge in [0.25, 0.3) is 0 Å². The number of ether oxygens (including phenoxy) is 2. The standard InChI is InChI=1S/C20H38N4O4.HI/c1-5-21-17(23-14-20(8-12-25)9-13-27-15-20)22-10-11-24(16-6-7-16)18(26)28-19(2,3)4;/h16,25H,5-15H2,1-4H3,(H2,21,22,23);1H. The Morgan fingerprint density at radius 3 is 2.59 bits per heavy atom. The first kappa shape index (κ1) is 26.2. The Hall–Kier alpha value is -0.810. The van der Waals surface area contributed by atoms with E-state index in [4.69, 9.17) is 14.5 Å². The molecule has 9 heteroatoms. The topological polar surface area (TPSA) is 95.4 Å². The summed E-state index contributed by atoms with van der Waals surface area (Å²) in [4.78, 5) is 19.0. The van der Waals surface area contributed by atoms with Crippen molar-refractivity contribution in [1.29, 1.82) is 0 Å². The molecule has 0 bridgehead atoms. The first-order valence-corrected chi connectivity index (χ1v) is 10.5. The van der Waals surface area contributed by atoms with E-state index in [2.05, 4.69) is 10.6 Å². The summed E-state index contributed by atoms with van der Waals surface area (Å²) in [5.41, 5.74) is -0.563. The maximum absolute atomic E-state index is 12.4. The third-order valence-corrected chi connectivity index (χ3v) is 5.00. The lowest BCUT2D eigenvalue weighted by Gasteiger charge is -2.28. The van der Waals surface area contributed by atoms with Gasteiger partial charge in [-0.05, 0) is 53.4 Å². The normalized spacial score (nSPS) is 22.0. The van der Waals surface area contributed by atoms with Crippen LogP contribution in [0, 0.1) is 5.41 Å². The molecule has 0 radical (unpaired) electrons. The van der Waals surface area contributed by atoms with Crippen LogP contribution in [-0.2, 0) is 9.47 Å². The Balaban J connectivity index is 0.00000420. The van der Waals surface area contributed by atoms with Crippen molar-refractivity contribution in [2.75, 3.05) is 46.0 Å². The number of guanidine groups is 1. The second-order valence-corrected chi connectivity index (χ2v) is 8.80. The number of aliphatic hydroxyl groups excluding tert-OH is 1. The van der Waals surface area contributed by atoms with Gasteiger partial charge in [0.2, 0.25) is 0 Å². The molecule has 1 aliphatic heterocycles. The minimum atomic E-state index is -0.488. The zero-order chi connectivity index (χ0) is 20.6. The molecular weight excluding hydrogens is 487 g/mol. The third-order valence-electron chi connectivity index (χ3n) is 5.00. The number of nitrogens with zero attached hydrogens (tertiary/aromatic N) is 2. The van der Waals surface area contributed by atoms with Crippen molar-refractivity contribution in [3.05, 3.63) is 0 Å². The van der Waals surface area contributed by atoms with Crippen LogP contribution in [0.25, 0.3) is 0 Å². The summed E-state index contributed by atoms with van der Waals surface area (Å²) in [5.74, 6) is 0.728. The summed E-state index contributed by atoms with van der Waals surface area (Å²) >= 11 is 0. The van der Waals surface area contributed by atoms with E-state index in [9.17, 15) is 9.90 Å². The van der Waals surface area contributed by atoms with E-state index in [-0.39, 0.29) is 42.1 Å². The van der Waals surface area contributed by atoms with Crippen molar-refractivity contribution in [1.82, 2.24) is 15.5 Å². The number of amides is 1. The van der Waals surface area contributed by atoms with Crippen molar-refractivity contribution in [2.45, 2.75) is 65.0 Å². The average molecular weight is 526 g/mol. The average Bonchev–Trinajstić information content (AvgIpc) is 3.34. The Kier molecular flexibility index (Phi) is 11.0. The van der Waals surface area contributed by atoms with Crippen LogP contribution in [0.1, 0.15) is 53.4 Å². The maximum Gasteiger partial charge on any atom is 0.410 e. The van der Waals surface area contributed by atoms with Gasteiger partial charge in [-0.25, -0.2) is 4.79 Å². The molecule has 29 heavy (non-hydrogen) atoms. The lowest BCUT2D eigenvalue weighted by molar-refractivity contribution is 0.0238. The minimum absolute atomic E-state index is 0. The second kappa shape index (κ2) is 12.1. The zero-order valence-corrected chi connectivity index (χ0v) is 20.7. The van der Waals surface area contributed by atoms with Gasteiger partial charge >= 0.3 is 6.09 Å². The van der Waals surface area contributed by atoms with Gasteiger partial charge in [-0.1, -0.05) is 0 Å². The summed E-state index contributed by atoms with van der Waals surface area (Å²) in [6.07, 6.45) is 3.45. The van der Waals surface area contributed by atoms with Crippen LogP contribution in [0.3, 0.4) is 0 Å². The molecule has 8 nitrogen and oxygen atoms in total. The van der Waals surface area contributed by atoms with Crippen LogP contribution in [0.15, 0.2) is 4.99 Å². The van der Waals surface area contributed by atoms with E-state index in [1.165, 1.54) is 0 Å². The van der Waals surface area contributed by atoms with Crippen LogP contribution in [0.5, 0.6) is 0 Å². The van der Waals surface area contributed by atoms with Gasteiger partial charge in [-0.2, -0.15) is 0 Å². The Bertz CT molecular complexity index is 529. The molecule has 1 amide bonds. The van der Waals surface area contributed by atoms with E-state index in [0.29, 0.717) is 38.7 Å².